The van der Waals surface area contributed by atoms with Crippen LogP contribution in [0.4, 0.5) is 0 Å². The van der Waals surface area contributed by atoms with E-state index in [1.807, 2.05) is 0 Å². The summed E-state index contributed by atoms with van der Waals surface area (Å²) in [5.41, 5.74) is -0.544. The maximum absolute atomic E-state index is 12.6. The fourth-order valence-corrected chi connectivity index (χ4v) is 4.57. The molecule has 0 aromatic rings. The van der Waals surface area contributed by atoms with Crippen molar-refractivity contribution in [1.29, 1.82) is 0 Å². The third-order valence-corrected chi connectivity index (χ3v) is 6.12. The molecule has 2 rings (SSSR count). The van der Waals surface area contributed by atoms with E-state index < -0.39 is 58.1 Å². The molecule has 3 N–H and O–H groups in total. The van der Waals surface area contributed by atoms with Crippen LogP contribution in [0, 0.1) is 0 Å². The third-order valence-electron chi connectivity index (χ3n) is 4.53. The number of allylic oxidation sites excluding steroid dienone is 3. The van der Waals surface area contributed by atoms with Crippen molar-refractivity contribution in [2.75, 3.05) is 18.7 Å². The number of nitrogens with zero attached hydrogens (tertiary/aromatic N) is 2. The Hall–Kier alpha value is -3.12. The lowest BCUT2D eigenvalue weighted by Crippen LogP contribution is -2.71. The van der Waals surface area contributed by atoms with Gasteiger partial charge >= 0.3 is 5.97 Å². The van der Waals surface area contributed by atoms with Gasteiger partial charge in [0.1, 0.15) is 24.2 Å². The van der Waals surface area contributed by atoms with Crippen molar-refractivity contribution in [3.8, 4) is 0 Å². The number of carbonyl (C=O) groups is 5. The summed E-state index contributed by atoms with van der Waals surface area (Å²) in [5.74, 6) is -5.27. The minimum Gasteiger partial charge on any atom is -0.504 e. The molecule has 2 unspecified atom stereocenters. The van der Waals surface area contributed by atoms with Gasteiger partial charge in [-0.2, -0.15) is 0 Å². The van der Waals surface area contributed by atoms with Gasteiger partial charge in [-0.3, -0.25) is 24.1 Å². The van der Waals surface area contributed by atoms with Crippen molar-refractivity contribution in [1.82, 2.24) is 10.2 Å². The SMILES string of the molecule is C=C/C=C(\O)C(=O)CCC1=C(C(=O)O)N2C(=O)C(NC(=O)/C(=N\OC)C(=O)CCl)C2SC1. The Morgan fingerprint density at radius 1 is 1.34 bits per heavy atom. The first-order chi connectivity index (χ1) is 15.2. The zero-order valence-electron chi connectivity index (χ0n) is 16.9. The van der Waals surface area contributed by atoms with Gasteiger partial charge in [0.25, 0.3) is 11.8 Å². The summed E-state index contributed by atoms with van der Waals surface area (Å²) in [6.07, 6.45) is 2.23. The van der Waals surface area contributed by atoms with Crippen LogP contribution in [-0.2, 0) is 28.8 Å². The van der Waals surface area contributed by atoms with E-state index >= 15 is 0 Å². The molecule has 0 aliphatic carbocycles. The second kappa shape index (κ2) is 11.0. The van der Waals surface area contributed by atoms with Crippen LogP contribution < -0.4 is 5.32 Å². The molecule has 0 radical (unpaired) electrons. The van der Waals surface area contributed by atoms with Crippen molar-refractivity contribution in [2.24, 2.45) is 5.16 Å². The maximum Gasteiger partial charge on any atom is 0.352 e. The van der Waals surface area contributed by atoms with Crippen LogP contribution in [0.25, 0.3) is 0 Å². The van der Waals surface area contributed by atoms with Gasteiger partial charge < -0.3 is 20.4 Å². The lowest BCUT2D eigenvalue weighted by Gasteiger charge is -2.49. The summed E-state index contributed by atoms with van der Waals surface area (Å²) < 4.78 is 0. The van der Waals surface area contributed by atoms with Crippen LogP contribution in [0.5, 0.6) is 0 Å². The zero-order chi connectivity index (χ0) is 24.0. The molecule has 2 atom stereocenters. The second-order valence-electron chi connectivity index (χ2n) is 6.51. The molecule has 2 heterocycles. The second-order valence-corrected chi connectivity index (χ2v) is 7.88. The van der Waals surface area contributed by atoms with E-state index in [4.69, 9.17) is 11.6 Å². The van der Waals surface area contributed by atoms with Gasteiger partial charge in [-0.25, -0.2) is 4.79 Å². The Labute approximate surface area is 191 Å². The number of thioether (sulfide) groups is 1. The lowest BCUT2D eigenvalue weighted by atomic mass is 9.99. The number of nitrogens with one attached hydrogen (secondary N) is 1. The van der Waals surface area contributed by atoms with Gasteiger partial charge in [0, 0.05) is 12.2 Å². The van der Waals surface area contributed by atoms with Crippen molar-refractivity contribution in [3.05, 3.63) is 35.8 Å². The van der Waals surface area contributed by atoms with Crippen LogP contribution in [0.3, 0.4) is 0 Å². The summed E-state index contributed by atoms with van der Waals surface area (Å²) in [6, 6.07) is -1.09. The van der Waals surface area contributed by atoms with E-state index in [1.165, 1.54) is 17.8 Å². The maximum atomic E-state index is 12.6. The number of carboxylic acid groups (broad SMARTS) is 1. The normalized spacial score (nSPS) is 20.8. The minimum absolute atomic E-state index is 0.0188. The number of halogens is 1. The van der Waals surface area contributed by atoms with E-state index in [1.54, 1.807) is 0 Å². The van der Waals surface area contributed by atoms with Crippen molar-refractivity contribution >= 4 is 58.4 Å². The number of hydrogen-bond acceptors (Lipinski definition) is 9. The Morgan fingerprint density at radius 2 is 2.03 bits per heavy atom. The van der Waals surface area contributed by atoms with Gasteiger partial charge in [0.15, 0.2) is 11.5 Å². The van der Waals surface area contributed by atoms with Gasteiger partial charge in [-0.15, -0.1) is 23.4 Å². The highest BCUT2D eigenvalue weighted by atomic mass is 35.5. The third kappa shape index (κ3) is 5.19. The topological polar surface area (TPSA) is 163 Å². The molecule has 0 saturated carbocycles. The molecule has 1 saturated heterocycles. The minimum atomic E-state index is -1.36. The number of ketones is 2. The van der Waals surface area contributed by atoms with Crippen LogP contribution in [0.15, 0.2) is 40.9 Å². The molecule has 0 aromatic carbocycles. The first-order valence-electron chi connectivity index (χ1n) is 9.13. The molecule has 11 nitrogen and oxygen atoms in total. The number of carbonyl (C=O) groups excluding carboxylic acids is 4. The highest BCUT2D eigenvalue weighted by Crippen LogP contribution is 2.41. The molecular formula is C19H20ClN3O8S. The fraction of sp³-hybridized carbons (Fsp3) is 0.368. The number of rotatable bonds is 11. The summed E-state index contributed by atoms with van der Waals surface area (Å²) >= 11 is 6.63. The van der Waals surface area contributed by atoms with E-state index in [2.05, 4.69) is 21.9 Å². The Bertz CT molecular complexity index is 958. The van der Waals surface area contributed by atoms with Gasteiger partial charge in [0.2, 0.25) is 11.5 Å². The van der Waals surface area contributed by atoms with Crippen LogP contribution in [0.2, 0.25) is 0 Å². The van der Waals surface area contributed by atoms with Crippen LogP contribution >= 0.6 is 23.4 Å². The molecule has 0 spiro atoms. The molecule has 0 aromatic heterocycles. The molecule has 13 heteroatoms. The number of oxime groups is 1. The highest BCUT2D eigenvalue weighted by Gasteiger charge is 2.54. The molecule has 32 heavy (non-hydrogen) atoms. The van der Waals surface area contributed by atoms with Crippen molar-refractivity contribution in [3.63, 3.8) is 0 Å². The monoisotopic (exact) mass is 485 g/mol. The standard InChI is InChI=1S/C19H20ClN3O8S/c1-3-4-10(24)11(25)6-5-9-8-32-18-14(17(28)23(18)15(9)19(29)30)21-16(27)13(22-31-2)12(26)7-20/h3-4,14,18,24H,1,5-8H2,2H3,(H,21,27)(H,29,30)/b10-4-,22-13-. The number of aliphatic hydroxyl groups excluding tert-OH is 1. The molecule has 2 amide bonds. The summed E-state index contributed by atoms with van der Waals surface area (Å²) in [4.78, 5) is 66.0. The number of carboxylic acids is 1. The molecular weight excluding hydrogens is 466 g/mol. The number of alkyl halides is 1. The molecule has 0 bridgehead atoms. The average molecular weight is 486 g/mol. The predicted molar refractivity (Wildman–Crippen MR) is 115 cm³/mol. The average Bonchev–Trinajstić information content (AvgIpc) is 2.77. The number of β-lactam (4-membered cyclic amide) rings is 1. The first kappa shape index (κ1) is 25.1. The first-order valence-corrected chi connectivity index (χ1v) is 10.7. The molecule has 172 valence electrons. The van der Waals surface area contributed by atoms with E-state index in [0.29, 0.717) is 5.57 Å². The quantitative estimate of drug-likeness (QED) is 0.0553. The highest BCUT2D eigenvalue weighted by molar-refractivity contribution is 8.00. The number of Topliss-reactive ketones (excluding diaryl/α,β-unsaturated/α-hetero) is 2. The largest absolute Gasteiger partial charge is 0.504 e. The summed E-state index contributed by atoms with van der Waals surface area (Å²) in [6.45, 7) is 3.37. The molecule has 2 aliphatic heterocycles. The van der Waals surface area contributed by atoms with Gasteiger partial charge in [-0.1, -0.05) is 17.8 Å². The number of aliphatic hydroxyl groups is 1. The van der Waals surface area contributed by atoms with Crippen molar-refractivity contribution in [2.45, 2.75) is 24.3 Å². The van der Waals surface area contributed by atoms with Gasteiger partial charge in [-0.05, 0) is 18.1 Å². The molecule has 2 aliphatic rings. The number of amides is 2. The Balaban J connectivity index is 2.17. The summed E-state index contributed by atoms with van der Waals surface area (Å²) in [7, 11) is 1.13. The predicted octanol–water partition coefficient (Wildman–Crippen LogP) is 0.513. The summed E-state index contributed by atoms with van der Waals surface area (Å²) in [5, 5.41) is 24.2. The number of hydrogen-bond donors (Lipinski definition) is 3. The van der Waals surface area contributed by atoms with Crippen LogP contribution in [0.1, 0.15) is 12.8 Å². The fourth-order valence-electron chi connectivity index (χ4n) is 3.06. The smallest absolute Gasteiger partial charge is 0.352 e. The lowest BCUT2D eigenvalue weighted by molar-refractivity contribution is -0.150. The zero-order valence-corrected chi connectivity index (χ0v) is 18.4. The van der Waals surface area contributed by atoms with Crippen molar-refractivity contribution < 1.29 is 39.0 Å². The molecule has 1 fully saturated rings. The Kier molecular flexibility index (Phi) is 8.61. The van der Waals surface area contributed by atoms with E-state index in [0.717, 1.165) is 18.1 Å². The van der Waals surface area contributed by atoms with Crippen LogP contribution in [-0.4, -0.2) is 80.3 Å². The van der Waals surface area contributed by atoms with Gasteiger partial charge in [0.05, 0.1) is 5.88 Å². The number of aliphatic carboxylic acids is 1. The Morgan fingerprint density at radius 3 is 2.59 bits per heavy atom. The van der Waals surface area contributed by atoms with E-state index in [-0.39, 0.29) is 24.3 Å². The number of fused-ring (bicyclic) bond motifs is 1. The van der Waals surface area contributed by atoms with E-state index in [9.17, 15) is 34.2 Å².